The molecule has 0 N–H and O–H groups in total. The molecule has 0 amide bonds. The molecular weight excluding hydrogens is 328 g/mol. The molecule has 0 radical (unpaired) electrons. The lowest BCUT2D eigenvalue weighted by atomic mass is 9.95. The highest BCUT2D eigenvalue weighted by molar-refractivity contribution is 9.09. The van der Waals surface area contributed by atoms with Crippen LogP contribution in [0.15, 0.2) is 0 Å². The van der Waals surface area contributed by atoms with E-state index in [-0.39, 0.29) is 0 Å². The van der Waals surface area contributed by atoms with Crippen molar-refractivity contribution in [3.63, 3.8) is 0 Å². The number of sulfonamides is 1. The summed E-state index contributed by atoms with van der Waals surface area (Å²) in [6.07, 6.45) is 4.72. The molecule has 0 bridgehead atoms. The minimum absolute atomic E-state index is 0.497. The van der Waals surface area contributed by atoms with Gasteiger partial charge in [-0.05, 0) is 37.6 Å². The van der Waals surface area contributed by atoms with E-state index in [1.165, 1.54) is 12.7 Å². The van der Waals surface area contributed by atoms with Crippen molar-refractivity contribution in [3.05, 3.63) is 0 Å². The van der Waals surface area contributed by atoms with Gasteiger partial charge in [0.1, 0.15) is 0 Å². The van der Waals surface area contributed by atoms with E-state index in [4.69, 9.17) is 0 Å². The van der Waals surface area contributed by atoms with E-state index < -0.39 is 10.0 Å². The van der Waals surface area contributed by atoms with Gasteiger partial charge < -0.3 is 4.90 Å². The number of hydrogen-bond acceptors (Lipinski definition) is 3. The van der Waals surface area contributed by atoms with Crippen molar-refractivity contribution in [1.29, 1.82) is 0 Å². The molecule has 2 fully saturated rings. The molecule has 0 aromatic rings. The third kappa shape index (κ3) is 4.41. The molecule has 0 aromatic carbocycles. The van der Waals surface area contributed by atoms with Gasteiger partial charge in [-0.3, -0.25) is 0 Å². The average Bonchev–Trinajstić information content (AvgIpc) is 2.33. The summed E-state index contributed by atoms with van der Waals surface area (Å²) >= 11 is 3.75. The van der Waals surface area contributed by atoms with Crippen LogP contribution in [0.25, 0.3) is 0 Å². The molecule has 0 spiro atoms. The number of alkyl halides is 1. The summed E-state index contributed by atoms with van der Waals surface area (Å²) in [6, 6.07) is 0. The number of hydrogen-bond donors (Lipinski definition) is 0. The van der Waals surface area contributed by atoms with E-state index in [9.17, 15) is 8.42 Å². The van der Waals surface area contributed by atoms with Crippen molar-refractivity contribution in [2.45, 2.75) is 31.0 Å². The first-order chi connectivity index (χ1) is 8.86. The Morgan fingerprint density at radius 3 is 2.58 bits per heavy atom. The monoisotopic (exact) mass is 352 g/mol. The summed E-state index contributed by atoms with van der Waals surface area (Å²) in [6.45, 7) is 6.99. The lowest BCUT2D eigenvalue weighted by molar-refractivity contribution is 0.145. The second kappa shape index (κ2) is 6.41. The predicted molar refractivity (Wildman–Crippen MR) is 82.1 cm³/mol. The van der Waals surface area contributed by atoms with Gasteiger partial charge in [0.05, 0.1) is 6.26 Å². The summed E-state index contributed by atoms with van der Waals surface area (Å²) in [4.78, 5) is 3.08. The summed E-state index contributed by atoms with van der Waals surface area (Å²) < 4.78 is 24.9. The van der Waals surface area contributed by atoms with Gasteiger partial charge in [-0.15, -0.1) is 0 Å². The first-order valence-electron chi connectivity index (χ1n) is 7.18. The summed E-state index contributed by atoms with van der Waals surface area (Å²) in [5.41, 5.74) is 0. The molecule has 2 aliphatic heterocycles. The number of nitrogens with zero attached hydrogens (tertiary/aromatic N) is 2. The van der Waals surface area contributed by atoms with E-state index in [0.29, 0.717) is 23.8 Å². The molecule has 19 heavy (non-hydrogen) atoms. The van der Waals surface area contributed by atoms with Crippen LogP contribution in [0.2, 0.25) is 0 Å². The molecule has 112 valence electrons. The van der Waals surface area contributed by atoms with Gasteiger partial charge in [0.15, 0.2) is 0 Å². The van der Waals surface area contributed by atoms with E-state index in [0.717, 1.165) is 38.4 Å². The third-order valence-corrected chi connectivity index (χ3v) is 6.88. The molecule has 6 heteroatoms. The van der Waals surface area contributed by atoms with Crippen LogP contribution in [0, 0.1) is 11.8 Å². The number of piperidine rings is 2. The van der Waals surface area contributed by atoms with Gasteiger partial charge in [0, 0.05) is 31.0 Å². The number of rotatable bonds is 3. The zero-order valence-electron chi connectivity index (χ0n) is 11.9. The molecule has 2 heterocycles. The smallest absolute Gasteiger partial charge is 0.211 e. The fourth-order valence-corrected chi connectivity index (χ4v) is 4.71. The minimum atomic E-state index is -3.01. The Morgan fingerprint density at radius 2 is 1.95 bits per heavy atom. The second-order valence-electron chi connectivity index (χ2n) is 6.17. The van der Waals surface area contributed by atoms with E-state index in [1.54, 1.807) is 4.31 Å². The van der Waals surface area contributed by atoms with Crippen molar-refractivity contribution in [2.75, 3.05) is 39.0 Å². The predicted octanol–water partition coefficient (Wildman–Crippen LogP) is 1.76. The van der Waals surface area contributed by atoms with Crippen molar-refractivity contribution >= 4 is 26.0 Å². The first-order valence-corrected chi connectivity index (χ1v) is 9.94. The molecule has 2 rings (SSSR count). The van der Waals surface area contributed by atoms with Crippen molar-refractivity contribution in [1.82, 2.24) is 9.21 Å². The lowest BCUT2D eigenvalue weighted by Crippen LogP contribution is -2.47. The van der Waals surface area contributed by atoms with Crippen LogP contribution >= 0.6 is 15.9 Å². The molecular formula is C13H25BrN2O2S. The topological polar surface area (TPSA) is 40.6 Å². The van der Waals surface area contributed by atoms with Gasteiger partial charge in [-0.1, -0.05) is 22.9 Å². The highest BCUT2D eigenvalue weighted by Gasteiger charge is 2.29. The molecule has 0 saturated carbocycles. The molecule has 4 nitrogen and oxygen atoms in total. The van der Waals surface area contributed by atoms with Gasteiger partial charge in [-0.25, -0.2) is 12.7 Å². The maximum Gasteiger partial charge on any atom is 0.211 e. The van der Waals surface area contributed by atoms with Crippen LogP contribution in [0.5, 0.6) is 0 Å². The van der Waals surface area contributed by atoms with Gasteiger partial charge in [-0.2, -0.15) is 0 Å². The van der Waals surface area contributed by atoms with E-state index >= 15 is 0 Å². The molecule has 3 unspecified atom stereocenters. The Hall–Kier alpha value is 0.350. The van der Waals surface area contributed by atoms with Crippen LogP contribution in [0.4, 0.5) is 0 Å². The van der Waals surface area contributed by atoms with E-state index in [2.05, 4.69) is 27.8 Å². The van der Waals surface area contributed by atoms with Crippen LogP contribution < -0.4 is 0 Å². The molecule has 0 aliphatic carbocycles. The number of halogens is 1. The SMILES string of the molecule is CC1CCN(CC2CCCN(S(C)(=O)=O)C2)CC1Br. The maximum absolute atomic E-state index is 11.6. The van der Waals surface area contributed by atoms with Crippen LogP contribution in [0.1, 0.15) is 26.2 Å². The van der Waals surface area contributed by atoms with Gasteiger partial charge in [0.25, 0.3) is 0 Å². The molecule has 0 aromatic heterocycles. The third-order valence-electron chi connectivity index (χ3n) is 4.42. The van der Waals surface area contributed by atoms with Crippen molar-refractivity contribution in [3.8, 4) is 0 Å². The number of likely N-dealkylation sites (tertiary alicyclic amines) is 1. The van der Waals surface area contributed by atoms with Crippen LogP contribution in [-0.2, 0) is 10.0 Å². The van der Waals surface area contributed by atoms with Crippen molar-refractivity contribution in [2.24, 2.45) is 11.8 Å². The Kier molecular flexibility index (Phi) is 5.31. The fraction of sp³-hybridized carbons (Fsp3) is 1.00. The summed E-state index contributed by atoms with van der Waals surface area (Å²) in [5.74, 6) is 1.24. The normalized spacial score (nSPS) is 35.4. The quantitative estimate of drug-likeness (QED) is 0.726. The lowest BCUT2D eigenvalue weighted by Gasteiger charge is -2.38. The zero-order valence-corrected chi connectivity index (χ0v) is 14.3. The van der Waals surface area contributed by atoms with Gasteiger partial charge >= 0.3 is 0 Å². The van der Waals surface area contributed by atoms with Gasteiger partial charge in [0.2, 0.25) is 10.0 Å². The molecule has 2 saturated heterocycles. The standard InChI is InChI=1S/C13H25BrN2O2S/c1-11-5-7-15(10-13(11)14)8-12-4-3-6-16(9-12)19(2,17)18/h11-13H,3-10H2,1-2H3. The van der Waals surface area contributed by atoms with Crippen LogP contribution in [-0.4, -0.2) is 61.4 Å². The Morgan fingerprint density at radius 1 is 1.21 bits per heavy atom. The highest BCUT2D eigenvalue weighted by Crippen LogP contribution is 2.26. The van der Waals surface area contributed by atoms with E-state index in [1.807, 2.05) is 0 Å². The van der Waals surface area contributed by atoms with Crippen molar-refractivity contribution < 1.29 is 8.42 Å². The molecule has 3 atom stereocenters. The summed E-state index contributed by atoms with van der Waals surface area (Å²) in [5, 5.41) is 0. The zero-order chi connectivity index (χ0) is 14.0. The maximum atomic E-state index is 11.6. The Labute approximate surface area is 125 Å². The summed E-state index contributed by atoms with van der Waals surface area (Å²) in [7, 11) is -3.01. The highest BCUT2D eigenvalue weighted by atomic mass is 79.9. The fourth-order valence-electron chi connectivity index (χ4n) is 3.09. The second-order valence-corrected chi connectivity index (χ2v) is 9.33. The Bertz CT molecular complexity index is 401. The van der Waals surface area contributed by atoms with Crippen LogP contribution in [0.3, 0.4) is 0 Å². The minimum Gasteiger partial charge on any atom is -0.302 e. The largest absolute Gasteiger partial charge is 0.302 e. The Balaban J connectivity index is 1.86. The molecule has 2 aliphatic rings. The average molecular weight is 353 g/mol. The first kappa shape index (κ1) is 15.7.